The van der Waals surface area contributed by atoms with Crippen molar-refractivity contribution in [3.63, 3.8) is 0 Å². The Hall–Kier alpha value is -2.87. The lowest BCUT2D eigenvalue weighted by Crippen LogP contribution is -2.16. The molecule has 0 fully saturated rings. The second-order valence-electron chi connectivity index (χ2n) is 6.79. The molecule has 1 heterocycles. The third-order valence-electron chi connectivity index (χ3n) is 4.34. The molecule has 0 atom stereocenters. The Kier molecular flexibility index (Phi) is 6.53. The summed E-state index contributed by atoms with van der Waals surface area (Å²) in [6.45, 7) is 5.89. The number of carbonyl (C=O) groups is 1. The second-order valence-corrected chi connectivity index (χ2v) is 7.74. The molecule has 0 saturated heterocycles. The highest BCUT2D eigenvalue weighted by atomic mass is 32.2. The zero-order chi connectivity index (χ0) is 21.0. The largest absolute Gasteiger partial charge is 0.497 e. The minimum atomic E-state index is -0.387. The number of halogens is 1. The van der Waals surface area contributed by atoms with E-state index >= 15 is 0 Å². The number of anilines is 1. The number of rotatable bonds is 7. The average molecular weight is 415 g/mol. The quantitative estimate of drug-likeness (QED) is 0.567. The zero-order valence-electron chi connectivity index (χ0n) is 16.8. The molecular weight excluding hydrogens is 391 g/mol. The van der Waals surface area contributed by atoms with Crippen LogP contribution >= 0.6 is 11.8 Å². The molecule has 3 rings (SSSR count). The Balaban J connectivity index is 1.74. The van der Waals surface area contributed by atoms with Crippen LogP contribution in [-0.4, -0.2) is 33.5 Å². The molecule has 1 aromatic heterocycles. The van der Waals surface area contributed by atoms with Crippen LogP contribution < -0.4 is 10.1 Å². The fraction of sp³-hybridized carbons (Fsp3) is 0.286. The van der Waals surface area contributed by atoms with Gasteiger partial charge in [-0.2, -0.15) is 0 Å². The van der Waals surface area contributed by atoms with Crippen molar-refractivity contribution in [2.24, 2.45) is 0 Å². The van der Waals surface area contributed by atoms with Gasteiger partial charge in [-0.05, 0) is 62.7 Å². The smallest absolute Gasteiger partial charge is 0.234 e. The maximum absolute atomic E-state index is 13.4. The van der Waals surface area contributed by atoms with Gasteiger partial charge in [0.15, 0.2) is 11.0 Å². The summed E-state index contributed by atoms with van der Waals surface area (Å²) in [7, 11) is 1.62. The molecule has 0 aliphatic carbocycles. The summed E-state index contributed by atoms with van der Waals surface area (Å²) in [4.78, 5) is 12.4. The van der Waals surface area contributed by atoms with Crippen LogP contribution in [0.5, 0.6) is 5.75 Å². The van der Waals surface area contributed by atoms with E-state index in [1.165, 1.54) is 23.9 Å². The highest BCUT2D eigenvalue weighted by Gasteiger charge is 2.18. The number of ether oxygens (including phenoxy) is 1. The Bertz CT molecular complexity index is 1000. The summed E-state index contributed by atoms with van der Waals surface area (Å²) in [5, 5.41) is 12.0. The molecule has 29 heavy (non-hydrogen) atoms. The second kappa shape index (κ2) is 9.09. The lowest BCUT2D eigenvalue weighted by atomic mass is 10.2. The molecule has 3 aromatic rings. The molecule has 6 nitrogen and oxygen atoms in total. The molecule has 1 amide bonds. The molecule has 0 unspecified atom stereocenters. The van der Waals surface area contributed by atoms with Crippen molar-refractivity contribution in [2.75, 3.05) is 18.2 Å². The Morgan fingerprint density at radius 2 is 1.93 bits per heavy atom. The number of carbonyl (C=O) groups excluding carboxylic acids is 1. The van der Waals surface area contributed by atoms with Crippen LogP contribution in [0.3, 0.4) is 0 Å². The van der Waals surface area contributed by atoms with Gasteiger partial charge in [0, 0.05) is 17.3 Å². The molecule has 0 aliphatic rings. The molecule has 0 spiro atoms. The molecular formula is C21H23FN4O2S. The van der Waals surface area contributed by atoms with Crippen LogP contribution in [0.4, 0.5) is 10.1 Å². The van der Waals surface area contributed by atoms with E-state index in [0.717, 1.165) is 22.7 Å². The highest BCUT2D eigenvalue weighted by Crippen LogP contribution is 2.29. The van der Waals surface area contributed by atoms with Crippen molar-refractivity contribution in [3.05, 3.63) is 53.8 Å². The first-order valence-corrected chi connectivity index (χ1v) is 10.2. The number of thioether (sulfide) groups is 1. The number of aromatic nitrogens is 3. The lowest BCUT2D eigenvalue weighted by Gasteiger charge is -2.14. The van der Waals surface area contributed by atoms with Crippen LogP contribution in [0.25, 0.3) is 11.4 Å². The Morgan fingerprint density at radius 1 is 1.21 bits per heavy atom. The summed E-state index contributed by atoms with van der Waals surface area (Å²) in [5.74, 6) is 1.02. The fourth-order valence-corrected chi connectivity index (χ4v) is 3.69. The Morgan fingerprint density at radius 3 is 2.59 bits per heavy atom. The third-order valence-corrected chi connectivity index (χ3v) is 5.28. The SMILES string of the molecule is COc1ccc(-c2nnc(SCC(=O)Nc3cc(F)ccc3C)n2C(C)C)cc1. The zero-order valence-corrected chi connectivity index (χ0v) is 17.6. The third kappa shape index (κ3) is 4.95. The first-order chi connectivity index (χ1) is 13.9. The number of nitrogens with zero attached hydrogens (tertiary/aromatic N) is 3. The topological polar surface area (TPSA) is 69.0 Å². The van der Waals surface area contributed by atoms with Gasteiger partial charge in [0.05, 0.1) is 12.9 Å². The number of amides is 1. The number of hydrogen-bond acceptors (Lipinski definition) is 5. The summed E-state index contributed by atoms with van der Waals surface area (Å²) in [6, 6.07) is 12.0. The highest BCUT2D eigenvalue weighted by molar-refractivity contribution is 7.99. The standard InChI is InChI=1S/C21H23FN4O2S/c1-13(2)26-20(15-6-9-17(28-4)10-7-15)24-25-21(26)29-12-19(27)23-18-11-16(22)8-5-14(18)3/h5-11,13H,12H2,1-4H3,(H,23,27). The molecule has 1 N–H and O–H groups in total. The van der Waals surface area contributed by atoms with Gasteiger partial charge in [0.1, 0.15) is 11.6 Å². The van der Waals surface area contributed by atoms with Crippen LogP contribution in [0, 0.1) is 12.7 Å². The van der Waals surface area contributed by atoms with Crippen molar-refractivity contribution in [3.8, 4) is 17.1 Å². The van der Waals surface area contributed by atoms with Gasteiger partial charge < -0.3 is 10.1 Å². The predicted molar refractivity (Wildman–Crippen MR) is 113 cm³/mol. The summed E-state index contributed by atoms with van der Waals surface area (Å²) < 4.78 is 20.6. The minimum Gasteiger partial charge on any atom is -0.497 e. The maximum Gasteiger partial charge on any atom is 0.234 e. The first kappa shape index (κ1) is 20.9. The number of aryl methyl sites for hydroxylation is 1. The van der Waals surface area contributed by atoms with E-state index in [9.17, 15) is 9.18 Å². The number of hydrogen-bond donors (Lipinski definition) is 1. The van der Waals surface area contributed by atoms with Gasteiger partial charge in [-0.15, -0.1) is 10.2 Å². The summed E-state index contributed by atoms with van der Waals surface area (Å²) in [6.07, 6.45) is 0. The van der Waals surface area contributed by atoms with Crippen molar-refractivity contribution in [1.82, 2.24) is 14.8 Å². The molecule has 0 saturated carbocycles. The monoisotopic (exact) mass is 414 g/mol. The van der Waals surface area contributed by atoms with Gasteiger partial charge in [0.25, 0.3) is 0 Å². The van der Waals surface area contributed by atoms with Gasteiger partial charge in [-0.1, -0.05) is 17.8 Å². The van der Waals surface area contributed by atoms with E-state index in [0.29, 0.717) is 10.8 Å². The van der Waals surface area contributed by atoms with E-state index in [1.54, 1.807) is 13.2 Å². The average Bonchev–Trinajstić information content (AvgIpc) is 3.13. The molecule has 0 radical (unpaired) electrons. The number of benzene rings is 2. The van der Waals surface area contributed by atoms with Crippen molar-refractivity contribution >= 4 is 23.4 Å². The van der Waals surface area contributed by atoms with Crippen LogP contribution in [-0.2, 0) is 4.79 Å². The summed E-state index contributed by atoms with van der Waals surface area (Å²) in [5.41, 5.74) is 2.19. The fourth-order valence-electron chi connectivity index (χ4n) is 2.82. The van der Waals surface area contributed by atoms with Crippen molar-refractivity contribution in [1.29, 1.82) is 0 Å². The molecule has 0 bridgehead atoms. The predicted octanol–water partition coefficient (Wildman–Crippen LogP) is 4.71. The lowest BCUT2D eigenvalue weighted by molar-refractivity contribution is -0.113. The van der Waals surface area contributed by atoms with Gasteiger partial charge in [0.2, 0.25) is 5.91 Å². The van der Waals surface area contributed by atoms with Gasteiger partial charge in [-0.25, -0.2) is 4.39 Å². The molecule has 152 valence electrons. The van der Waals surface area contributed by atoms with E-state index < -0.39 is 0 Å². The van der Waals surface area contributed by atoms with E-state index in [1.807, 2.05) is 49.6 Å². The first-order valence-electron chi connectivity index (χ1n) is 9.17. The summed E-state index contributed by atoms with van der Waals surface area (Å²) >= 11 is 1.29. The Labute approximate surface area is 173 Å². The normalized spacial score (nSPS) is 11.0. The van der Waals surface area contributed by atoms with E-state index in [2.05, 4.69) is 15.5 Å². The molecule has 8 heteroatoms. The molecule has 0 aliphatic heterocycles. The van der Waals surface area contributed by atoms with Gasteiger partial charge in [-0.3, -0.25) is 9.36 Å². The van der Waals surface area contributed by atoms with Crippen molar-refractivity contribution < 1.29 is 13.9 Å². The minimum absolute atomic E-state index is 0.109. The van der Waals surface area contributed by atoms with E-state index in [4.69, 9.17) is 4.74 Å². The van der Waals surface area contributed by atoms with Crippen LogP contribution in [0.15, 0.2) is 47.6 Å². The number of nitrogens with one attached hydrogen (secondary N) is 1. The van der Waals surface area contributed by atoms with Gasteiger partial charge >= 0.3 is 0 Å². The maximum atomic E-state index is 13.4. The number of methoxy groups -OCH3 is 1. The van der Waals surface area contributed by atoms with E-state index in [-0.39, 0.29) is 23.5 Å². The molecule has 2 aromatic carbocycles. The van der Waals surface area contributed by atoms with Crippen LogP contribution in [0.2, 0.25) is 0 Å². The van der Waals surface area contributed by atoms with Crippen molar-refractivity contribution in [2.45, 2.75) is 32.0 Å². The van der Waals surface area contributed by atoms with Crippen LogP contribution in [0.1, 0.15) is 25.5 Å².